The van der Waals surface area contributed by atoms with Crippen molar-refractivity contribution in [1.29, 1.82) is 0 Å². The number of nitrogens with zero attached hydrogens (tertiary/aromatic N) is 1. The van der Waals surface area contributed by atoms with Crippen molar-refractivity contribution in [2.75, 3.05) is 33.5 Å². The van der Waals surface area contributed by atoms with Crippen LogP contribution in [0.4, 0.5) is 0 Å². The number of methoxy groups -OCH3 is 1. The van der Waals surface area contributed by atoms with Crippen molar-refractivity contribution < 1.29 is 28.5 Å². The first-order valence-corrected chi connectivity index (χ1v) is 14.9. The van der Waals surface area contributed by atoms with Gasteiger partial charge in [0.25, 0.3) is 0 Å². The molecule has 0 spiro atoms. The number of halogens is 1. The zero-order valence-electron chi connectivity index (χ0n) is 25.2. The molecule has 1 aromatic heterocycles. The zero-order chi connectivity index (χ0) is 31.3. The summed E-state index contributed by atoms with van der Waals surface area (Å²) >= 11 is 5.91. The van der Waals surface area contributed by atoms with Gasteiger partial charge in [0.15, 0.2) is 5.78 Å². The lowest BCUT2D eigenvalue weighted by atomic mass is 9.93. The SMILES string of the molecule is CCOC(=O)Cc1ccc(OC)c(-c2ccc(-c3ccc(OCC)nc3)cc2CNCCC(=O)COc2ccc(Cl)cc2)c1. The van der Waals surface area contributed by atoms with E-state index in [2.05, 4.69) is 16.4 Å². The third kappa shape index (κ3) is 9.30. The van der Waals surface area contributed by atoms with E-state index in [0.29, 0.717) is 55.1 Å². The van der Waals surface area contributed by atoms with Crippen molar-refractivity contribution in [3.05, 3.63) is 95.1 Å². The summed E-state index contributed by atoms with van der Waals surface area (Å²) in [6.45, 7) is 5.53. The number of esters is 1. The zero-order valence-corrected chi connectivity index (χ0v) is 26.0. The molecule has 0 bridgehead atoms. The van der Waals surface area contributed by atoms with E-state index in [0.717, 1.165) is 33.4 Å². The maximum Gasteiger partial charge on any atom is 0.310 e. The molecule has 4 rings (SSSR count). The van der Waals surface area contributed by atoms with E-state index in [1.807, 2.05) is 49.4 Å². The number of pyridine rings is 1. The van der Waals surface area contributed by atoms with Gasteiger partial charge in [-0.15, -0.1) is 0 Å². The molecule has 8 nitrogen and oxygen atoms in total. The lowest BCUT2D eigenvalue weighted by Crippen LogP contribution is -2.21. The number of ether oxygens (including phenoxy) is 4. The Morgan fingerprint density at radius 3 is 2.36 bits per heavy atom. The van der Waals surface area contributed by atoms with Crippen LogP contribution < -0.4 is 19.5 Å². The minimum absolute atomic E-state index is 0.0146. The van der Waals surface area contributed by atoms with Gasteiger partial charge in [0.2, 0.25) is 5.88 Å². The Labute approximate surface area is 263 Å². The Morgan fingerprint density at radius 1 is 0.864 bits per heavy atom. The lowest BCUT2D eigenvalue weighted by Gasteiger charge is -2.17. The van der Waals surface area contributed by atoms with Crippen molar-refractivity contribution in [2.45, 2.75) is 33.2 Å². The monoisotopic (exact) mass is 616 g/mol. The van der Waals surface area contributed by atoms with E-state index in [9.17, 15) is 9.59 Å². The molecule has 44 heavy (non-hydrogen) atoms. The fourth-order valence-electron chi connectivity index (χ4n) is 4.64. The van der Waals surface area contributed by atoms with Crippen LogP contribution in [0.2, 0.25) is 5.02 Å². The van der Waals surface area contributed by atoms with Crippen LogP contribution >= 0.6 is 11.6 Å². The van der Waals surface area contributed by atoms with Crippen molar-refractivity contribution in [1.82, 2.24) is 10.3 Å². The van der Waals surface area contributed by atoms with E-state index in [-0.39, 0.29) is 24.8 Å². The predicted molar refractivity (Wildman–Crippen MR) is 171 cm³/mol. The topological polar surface area (TPSA) is 96.0 Å². The molecule has 0 saturated carbocycles. The second-order valence-corrected chi connectivity index (χ2v) is 10.4. The van der Waals surface area contributed by atoms with Crippen LogP contribution in [0, 0.1) is 0 Å². The smallest absolute Gasteiger partial charge is 0.310 e. The van der Waals surface area contributed by atoms with Crippen LogP contribution in [0.25, 0.3) is 22.3 Å². The third-order valence-corrected chi connectivity index (χ3v) is 7.04. The summed E-state index contributed by atoms with van der Waals surface area (Å²) in [4.78, 5) is 29.1. The molecule has 1 N–H and O–H groups in total. The molecule has 230 valence electrons. The molecular weight excluding hydrogens is 580 g/mol. The van der Waals surface area contributed by atoms with Gasteiger partial charge in [0.1, 0.15) is 18.1 Å². The van der Waals surface area contributed by atoms with Crippen LogP contribution in [-0.4, -0.2) is 50.2 Å². The molecule has 0 aliphatic heterocycles. The van der Waals surface area contributed by atoms with E-state index < -0.39 is 0 Å². The quantitative estimate of drug-likeness (QED) is 0.110. The first-order chi connectivity index (χ1) is 21.4. The van der Waals surface area contributed by atoms with E-state index in [4.69, 9.17) is 30.5 Å². The fraction of sp³-hybridized carbons (Fsp3) is 0.286. The highest BCUT2D eigenvalue weighted by Gasteiger charge is 2.15. The van der Waals surface area contributed by atoms with Crippen LogP contribution in [0.15, 0.2) is 79.0 Å². The highest BCUT2D eigenvalue weighted by Crippen LogP contribution is 2.36. The molecular formula is C35H37ClN2O6. The Bertz CT molecular complexity index is 1540. The number of rotatable bonds is 16. The van der Waals surface area contributed by atoms with Gasteiger partial charge in [-0.2, -0.15) is 0 Å². The first-order valence-electron chi connectivity index (χ1n) is 14.6. The van der Waals surface area contributed by atoms with Crippen molar-refractivity contribution in [2.24, 2.45) is 0 Å². The summed E-state index contributed by atoms with van der Waals surface area (Å²) in [5.74, 6) is 1.55. The average molecular weight is 617 g/mol. The minimum atomic E-state index is -0.284. The van der Waals surface area contributed by atoms with Crippen LogP contribution in [0.1, 0.15) is 31.4 Å². The molecule has 4 aromatic rings. The summed E-state index contributed by atoms with van der Waals surface area (Å²) in [6, 6.07) is 22.6. The highest BCUT2D eigenvalue weighted by molar-refractivity contribution is 6.30. The van der Waals surface area contributed by atoms with Gasteiger partial charge in [0.05, 0.1) is 26.7 Å². The van der Waals surface area contributed by atoms with Gasteiger partial charge in [-0.1, -0.05) is 29.8 Å². The Kier molecular flexibility index (Phi) is 12.2. The molecule has 3 aromatic carbocycles. The maximum absolute atomic E-state index is 12.5. The van der Waals surface area contributed by atoms with Crippen molar-refractivity contribution in [3.8, 4) is 39.6 Å². The summed E-state index contributed by atoms with van der Waals surface area (Å²) in [5.41, 5.74) is 5.54. The Hall–Kier alpha value is -4.40. The molecule has 0 fully saturated rings. The van der Waals surface area contributed by atoms with Crippen LogP contribution in [-0.2, 0) is 27.3 Å². The standard InChI is InChI=1S/C35H37ClN2O6/c1-4-42-34-15-8-26(22-38-34)25-7-13-31(32-18-24(6-14-33(32)41-3)19-35(40)43-5-2)27(20-25)21-37-17-16-29(39)23-44-30-11-9-28(36)10-12-30/h6-15,18,20,22,37H,4-5,16-17,19,21,23H2,1-3H3. The average Bonchev–Trinajstić information content (AvgIpc) is 3.03. The molecule has 0 atom stereocenters. The minimum Gasteiger partial charge on any atom is -0.496 e. The summed E-state index contributed by atoms with van der Waals surface area (Å²) < 4.78 is 22.0. The molecule has 0 aliphatic carbocycles. The lowest BCUT2D eigenvalue weighted by molar-refractivity contribution is -0.142. The van der Waals surface area contributed by atoms with Gasteiger partial charge >= 0.3 is 5.97 Å². The Morgan fingerprint density at radius 2 is 1.66 bits per heavy atom. The van der Waals surface area contributed by atoms with E-state index in [1.54, 1.807) is 44.5 Å². The van der Waals surface area contributed by atoms with Gasteiger partial charge < -0.3 is 24.3 Å². The molecule has 0 amide bonds. The van der Waals surface area contributed by atoms with E-state index >= 15 is 0 Å². The molecule has 0 aliphatic rings. The van der Waals surface area contributed by atoms with Gasteiger partial charge in [-0.3, -0.25) is 9.59 Å². The molecule has 0 radical (unpaired) electrons. The number of Topliss-reactive ketones (excluding diaryl/α,β-unsaturated/α-hetero) is 1. The summed E-state index contributed by atoms with van der Waals surface area (Å²) in [5, 5.41) is 4.02. The first kappa shape index (κ1) is 32.5. The van der Waals surface area contributed by atoms with Gasteiger partial charge in [0, 0.05) is 47.9 Å². The van der Waals surface area contributed by atoms with E-state index in [1.165, 1.54) is 0 Å². The summed E-state index contributed by atoms with van der Waals surface area (Å²) in [6.07, 6.45) is 2.26. The highest BCUT2D eigenvalue weighted by atomic mass is 35.5. The number of nitrogens with one attached hydrogen (secondary N) is 1. The normalized spacial score (nSPS) is 10.7. The number of ketones is 1. The molecule has 1 heterocycles. The second kappa shape index (κ2) is 16.4. The number of benzene rings is 3. The molecule has 0 unspecified atom stereocenters. The van der Waals surface area contributed by atoms with Crippen molar-refractivity contribution >= 4 is 23.4 Å². The maximum atomic E-state index is 12.5. The predicted octanol–water partition coefficient (Wildman–Crippen LogP) is 6.71. The number of hydrogen-bond acceptors (Lipinski definition) is 8. The fourth-order valence-corrected chi connectivity index (χ4v) is 4.76. The molecule has 9 heteroatoms. The van der Waals surface area contributed by atoms with Crippen LogP contribution in [0.3, 0.4) is 0 Å². The number of hydrogen-bond donors (Lipinski definition) is 1. The Balaban J connectivity index is 1.54. The van der Waals surface area contributed by atoms with Gasteiger partial charge in [-0.25, -0.2) is 4.98 Å². The number of carbonyl (C=O) groups excluding carboxylic acids is 2. The number of carbonyl (C=O) groups is 2. The third-order valence-electron chi connectivity index (χ3n) is 6.78. The summed E-state index contributed by atoms with van der Waals surface area (Å²) in [7, 11) is 1.62. The van der Waals surface area contributed by atoms with Crippen molar-refractivity contribution in [3.63, 3.8) is 0 Å². The number of aromatic nitrogens is 1. The largest absolute Gasteiger partial charge is 0.496 e. The van der Waals surface area contributed by atoms with Crippen LogP contribution in [0.5, 0.6) is 17.4 Å². The second-order valence-electron chi connectivity index (χ2n) is 9.91. The molecule has 0 saturated heterocycles. The van der Waals surface area contributed by atoms with Gasteiger partial charge in [-0.05, 0) is 84.6 Å².